The van der Waals surface area contributed by atoms with E-state index in [2.05, 4.69) is 14.6 Å². The molecule has 226 valence electrons. The number of aliphatic imine (C=N–C) groups is 1. The Morgan fingerprint density at radius 1 is 1.12 bits per heavy atom. The monoisotopic (exact) mass is 597 g/mol. The van der Waals surface area contributed by atoms with Gasteiger partial charge in [0.25, 0.3) is 0 Å². The maximum atomic E-state index is 15.3. The van der Waals surface area contributed by atoms with Gasteiger partial charge in [0.15, 0.2) is 0 Å². The van der Waals surface area contributed by atoms with Crippen LogP contribution in [0.1, 0.15) is 35.2 Å². The molecule has 4 heterocycles. The first-order chi connectivity index (χ1) is 20.6. The number of benzene rings is 2. The molecule has 0 N–H and O–H groups in total. The van der Waals surface area contributed by atoms with Crippen molar-refractivity contribution >= 4 is 28.3 Å². The molecule has 0 spiro atoms. The molecule has 3 aliphatic heterocycles. The van der Waals surface area contributed by atoms with Crippen LogP contribution in [0.4, 0.5) is 23.2 Å². The highest BCUT2D eigenvalue weighted by Crippen LogP contribution is 2.46. The standard InChI is InChI=1S/C32H31F4N3O4/c1-38-15-23(31(40)41-2)28-25(33)10-20(11-26(28)38)39-13-18-9-19(14-39)30(18)42-16-24-22(17-7-8-17)12-37-29(24)21-5-3-4-6-27(21)43-32(34,35)36/h3-6,10-11,15,17-19,30H,7-9,12-14,16H2,1-2H3. The number of carbonyl (C=O) groups is 1. The number of para-hydroxylation sites is 1. The summed E-state index contributed by atoms with van der Waals surface area (Å²) in [4.78, 5) is 19.0. The minimum absolute atomic E-state index is 0.00210. The number of esters is 1. The van der Waals surface area contributed by atoms with E-state index in [-0.39, 0.29) is 41.2 Å². The number of hydrogen-bond donors (Lipinski definition) is 0. The van der Waals surface area contributed by atoms with Crippen molar-refractivity contribution in [1.82, 2.24) is 4.57 Å². The molecule has 1 aromatic heterocycles. The van der Waals surface area contributed by atoms with Crippen LogP contribution in [-0.4, -0.2) is 62.1 Å². The minimum Gasteiger partial charge on any atom is -0.465 e. The van der Waals surface area contributed by atoms with Gasteiger partial charge in [-0.25, -0.2) is 9.18 Å². The number of fused-ring (bicyclic) bond motifs is 3. The fraction of sp³-hybridized carbons (Fsp3) is 0.438. The van der Waals surface area contributed by atoms with Gasteiger partial charge in [-0.05, 0) is 55.0 Å². The molecule has 3 aromatic rings. The van der Waals surface area contributed by atoms with Crippen LogP contribution in [0.3, 0.4) is 0 Å². The Balaban J connectivity index is 1.07. The van der Waals surface area contributed by atoms with E-state index >= 15 is 4.39 Å². The number of alkyl halides is 3. The van der Waals surface area contributed by atoms with E-state index in [0.29, 0.717) is 42.3 Å². The molecule has 2 atom stereocenters. The van der Waals surface area contributed by atoms with Crippen LogP contribution in [0.15, 0.2) is 58.7 Å². The lowest BCUT2D eigenvalue weighted by atomic mass is 9.68. The molecule has 0 radical (unpaired) electrons. The van der Waals surface area contributed by atoms with E-state index in [1.807, 2.05) is 6.07 Å². The smallest absolute Gasteiger partial charge is 0.465 e. The normalized spacial score (nSPS) is 23.4. The maximum Gasteiger partial charge on any atom is 0.573 e. The quantitative estimate of drug-likeness (QED) is 0.234. The summed E-state index contributed by atoms with van der Waals surface area (Å²) in [7, 11) is 3.05. The van der Waals surface area contributed by atoms with E-state index in [0.717, 1.165) is 36.1 Å². The second-order valence-corrected chi connectivity index (χ2v) is 11.9. The summed E-state index contributed by atoms with van der Waals surface area (Å²) in [5.74, 6) is -0.436. The lowest BCUT2D eigenvalue weighted by Gasteiger charge is -2.53. The van der Waals surface area contributed by atoms with Crippen LogP contribution in [-0.2, 0) is 16.5 Å². The number of nitrogens with zero attached hydrogens (tertiary/aromatic N) is 3. The van der Waals surface area contributed by atoms with Crippen molar-refractivity contribution in [3.8, 4) is 5.75 Å². The Morgan fingerprint density at radius 3 is 2.56 bits per heavy atom. The predicted octanol–water partition coefficient (Wildman–Crippen LogP) is 6.05. The average molecular weight is 598 g/mol. The molecule has 2 saturated heterocycles. The number of anilines is 1. The van der Waals surface area contributed by atoms with Crippen molar-refractivity contribution in [1.29, 1.82) is 0 Å². The lowest BCUT2D eigenvalue weighted by molar-refractivity contribution is -0.274. The van der Waals surface area contributed by atoms with Gasteiger partial charge in [0, 0.05) is 55.0 Å². The van der Waals surface area contributed by atoms with Gasteiger partial charge >= 0.3 is 12.3 Å². The van der Waals surface area contributed by atoms with Crippen molar-refractivity contribution in [3.05, 3.63) is 70.7 Å². The van der Waals surface area contributed by atoms with Crippen LogP contribution in [0.2, 0.25) is 0 Å². The Kier molecular flexibility index (Phi) is 6.76. The van der Waals surface area contributed by atoms with Crippen LogP contribution in [0, 0.1) is 23.6 Å². The topological polar surface area (TPSA) is 65.3 Å². The third-order valence-corrected chi connectivity index (χ3v) is 9.18. The van der Waals surface area contributed by atoms with Crippen molar-refractivity contribution in [3.63, 3.8) is 0 Å². The first kappa shape index (κ1) is 27.9. The van der Waals surface area contributed by atoms with Gasteiger partial charge in [-0.1, -0.05) is 12.1 Å². The summed E-state index contributed by atoms with van der Waals surface area (Å²) in [5, 5.41) is 0.248. The lowest BCUT2D eigenvalue weighted by Crippen LogP contribution is -2.59. The molecule has 5 aliphatic rings. The zero-order valence-corrected chi connectivity index (χ0v) is 23.8. The molecule has 0 amide bonds. The number of hydrogen-bond acceptors (Lipinski definition) is 6. The van der Waals surface area contributed by atoms with E-state index in [1.54, 1.807) is 29.9 Å². The molecule has 8 rings (SSSR count). The second kappa shape index (κ2) is 10.4. The van der Waals surface area contributed by atoms with Gasteiger partial charge < -0.3 is 23.7 Å². The molecule has 43 heavy (non-hydrogen) atoms. The Labute approximate surface area is 245 Å². The summed E-state index contributed by atoms with van der Waals surface area (Å²) in [6.45, 7) is 2.13. The zero-order chi connectivity index (χ0) is 30.0. The van der Waals surface area contributed by atoms with E-state index in [4.69, 9.17) is 9.47 Å². The number of ether oxygens (including phenoxy) is 3. The van der Waals surface area contributed by atoms with Crippen LogP contribution >= 0.6 is 0 Å². The van der Waals surface area contributed by atoms with Crippen LogP contribution in [0.5, 0.6) is 5.75 Å². The third-order valence-electron chi connectivity index (χ3n) is 9.18. The second-order valence-electron chi connectivity index (χ2n) is 11.9. The SMILES string of the molecule is COC(=O)c1cn(C)c2cc(N3CC4CC(C3)C4OCC3=C(C4CC4)CN=C3c3ccccc3OC(F)(F)F)cc(F)c12. The first-order valence-electron chi connectivity index (χ1n) is 14.5. The molecule has 11 heteroatoms. The Bertz CT molecular complexity index is 1660. The maximum absolute atomic E-state index is 15.3. The zero-order valence-electron chi connectivity index (χ0n) is 23.8. The highest BCUT2D eigenvalue weighted by atomic mass is 19.4. The number of aromatic nitrogens is 1. The van der Waals surface area contributed by atoms with Gasteiger partial charge in [0.2, 0.25) is 0 Å². The highest BCUT2D eigenvalue weighted by molar-refractivity contribution is 6.16. The van der Waals surface area contributed by atoms with Gasteiger partial charge in [0.05, 0.1) is 48.5 Å². The number of halogens is 4. The van der Waals surface area contributed by atoms with Gasteiger partial charge in [-0.15, -0.1) is 13.2 Å². The van der Waals surface area contributed by atoms with Crippen LogP contribution < -0.4 is 9.64 Å². The van der Waals surface area contributed by atoms with E-state index in [1.165, 1.54) is 25.3 Å². The third kappa shape index (κ3) is 5.07. The van der Waals surface area contributed by atoms with Crippen LogP contribution in [0.25, 0.3) is 10.9 Å². The van der Waals surface area contributed by atoms with Crippen molar-refractivity contribution in [2.24, 2.45) is 29.8 Å². The van der Waals surface area contributed by atoms with Gasteiger partial charge in [-0.3, -0.25) is 4.99 Å². The van der Waals surface area contributed by atoms with Gasteiger partial charge in [-0.2, -0.15) is 0 Å². The molecule has 2 bridgehead atoms. The summed E-state index contributed by atoms with van der Waals surface area (Å²) in [5.41, 5.74) is 4.43. The summed E-state index contributed by atoms with van der Waals surface area (Å²) in [6, 6.07) is 9.51. The molecular formula is C32H31F4N3O4. The molecule has 2 aromatic carbocycles. The number of aryl methyl sites for hydroxylation is 1. The van der Waals surface area contributed by atoms with Gasteiger partial charge in [0.1, 0.15) is 11.6 Å². The minimum atomic E-state index is -4.80. The largest absolute Gasteiger partial charge is 0.573 e. The number of piperidine rings is 2. The average Bonchev–Trinajstić information content (AvgIpc) is 3.65. The molecule has 7 nitrogen and oxygen atoms in total. The molecule has 2 aliphatic carbocycles. The van der Waals surface area contributed by atoms with Crippen molar-refractivity contribution in [2.45, 2.75) is 31.7 Å². The molecule has 4 fully saturated rings. The highest BCUT2D eigenvalue weighted by Gasteiger charge is 2.48. The Morgan fingerprint density at radius 2 is 1.86 bits per heavy atom. The number of methoxy groups -OCH3 is 1. The van der Waals surface area contributed by atoms with Crippen molar-refractivity contribution in [2.75, 3.05) is 38.3 Å². The van der Waals surface area contributed by atoms with Crippen molar-refractivity contribution < 1.29 is 36.6 Å². The fourth-order valence-electron chi connectivity index (χ4n) is 7.00. The molecule has 2 saturated carbocycles. The number of rotatable bonds is 8. The predicted molar refractivity (Wildman–Crippen MR) is 152 cm³/mol. The molecule has 2 unspecified atom stereocenters. The molecular weight excluding hydrogens is 566 g/mol. The summed E-state index contributed by atoms with van der Waals surface area (Å²) >= 11 is 0. The summed E-state index contributed by atoms with van der Waals surface area (Å²) in [6.07, 6.45) is -0.117. The van der Waals surface area contributed by atoms with E-state index < -0.39 is 18.1 Å². The van der Waals surface area contributed by atoms with E-state index in [9.17, 15) is 18.0 Å². The number of carbonyl (C=O) groups excluding carboxylic acids is 1. The summed E-state index contributed by atoms with van der Waals surface area (Å²) < 4.78 is 72.1. The Hall–Kier alpha value is -3.86. The fourth-order valence-corrected chi connectivity index (χ4v) is 7.00. The first-order valence-corrected chi connectivity index (χ1v) is 14.5.